The number of carbonyl (C=O) groups is 1. The van der Waals surface area contributed by atoms with Crippen LogP contribution < -0.4 is 61.2 Å². The third-order valence-corrected chi connectivity index (χ3v) is 7.04. The monoisotopic (exact) mass is 511 g/mol. The minimum Gasteiger partial charge on any atom is -0.550 e. The molecular formula is C26H50KNO4S. The fourth-order valence-electron chi connectivity index (χ4n) is 3.88. The van der Waals surface area contributed by atoms with E-state index in [0.717, 1.165) is 24.7 Å². The van der Waals surface area contributed by atoms with Crippen molar-refractivity contribution in [2.24, 2.45) is 0 Å². The minimum absolute atomic E-state index is 0. The summed E-state index contributed by atoms with van der Waals surface area (Å²) < 4.78 is 25.4. The van der Waals surface area contributed by atoms with Gasteiger partial charge in [0.15, 0.2) is 0 Å². The van der Waals surface area contributed by atoms with Crippen LogP contribution in [0.25, 0.3) is 0 Å². The van der Waals surface area contributed by atoms with Crippen molar-refractivity contribution < 1.29 is 69.7 Å². The summed E-state index contributed by atoms with van der Waals surface area (Å²) in [6.07, 6.45) is 27.6. The van der Waals surface area contributed by atoms with Crippen molar-refractivity contribution in [2.75, 3.05) is 6.54 Å². The number of carbonyl (C=O) groups excluding carboxylic acids is 1. The van der Waals surface area contributed by atoms with Gasteiger partial charge < -0.3 is 9.90 Å². The van der Waals surface area contributed by atoms with Gasteiger partial charge >= 0.3 is 51.4 Å². The van der Waals surface area contributed by atoms with Crippen molar-refractivity contribution in [3.63, 3.8) is 0 Å². The molecular weight excluding hydrogens is 461 g/mol. The normalized spacial score (nSPS) is 11.7. The fourth-order valence-corrected chi connectivity index (χ4v) is 4.75. The second-order valence-corrected chi connectivity index (χ2v) is 10.7. The van der Waals surface area contributed by atoms with Crippen LogP contribution in [0.3, 0.4) is 0 Å². The first-order chi connectivity index (χ1) is 15.5. The van der Waals surface area contributed by atoms with E-state index in [0.29, 0.717) is 0 Å². The first kappa shape index (κ1) is 35.9. The summed E-state index contributed by atoms with van der Waals surface area (Å²) in [6.45, 7) is 2.14. The van der Waals surface area contributed by atoms with Crippen LogP contribution in [0.5, 0.6) is 0 Å². The fraction of sp³-hybridized carbons (Fsp3) is 0.885. The molecule has 0 fully saturated rings. The number of nitrogens with one attached hydrogen (secondary N) is 1. The molecule has 0 aliphatic heterocycles. The van der Waals surface area contributed by atoms with Gasteiger partial charge in [0.2, 0.25) is 10.0 Å². The molecule has 0 aromatic heterocycles. The van der Waals surface area contributed by atoms with Crippen molar-refractivity contribution in [1.82, 2.24) is 4.72 Å². The van der Waals surface area contributed by atoms with Crippen molar-refractivity contribution >= 4 is 16.0 Å². The van der Waals surface area contributed by atoms with Gasteiger partial charge in [-0.25, -0.2) is 13.1 Å². The average molecular weight is 512 g/mol. The Hall–Kier alpha value is 0.756. The Kier molecular flexibility index (Phi) is 29.8. The predicted molar refractivity (Wildman–Crippen MR) is 134 cm³/mol. The van der Waals surface area contributed by atoms with Gasteiger partial charge in [-0.3, -0.25) is 0 Å². The van der Waals surface area contributed by atoms with E-state index in [2.05, 4.69) is 11.6 Å². The molecule has 0 saturated carbocycles. The second kappa shape index (κ2) is 27.3. The molecule has 0 unspecified atom stereocenters. The van der Waals surface area contributed by atoms with E-state index >= 15 is 0 Å². The Balaban J connectivity index is 0. The maximum atomic E-state index is 11.6. The summed E-state index contributed by atoms with van der Waals surface area (Å²) in [5.41, 5.74) is 0. The number of rotatable bonds is 25. The largest absolute Gasteiger partial charge is 1.00 e. The molecule has 0 spiro atoms. The predicted octanol–water partition coefficient (Wildman–Crippen LogP) is 3.39. The number of sulfonamides is 1. The van der Waals surface area contributed by atoms with E-state index in [9.17, 15) is 18.3 Å². The number of aliphatic carboxylic acids is 1. The quantitative estimate of drug-likeness (QED) is 0.150. The van der Waals surface area contributed by atoms with E-state index in [1.165, 1.54) is 109 Å². The summed E-state index contributed by atoms with van der Waals surface area (Å²) in [5, 5.41) is 11.4. The van der Waals surface area contributed by atoms with E-state index in [4.69, 9.17) is 0 Å². The molecule has 0 aliphatic carbocycles. The van der Waals surface area contributed by atoms with Crippen LogP contribution in [0, 0.1) is 0 Å². The minimum atomic E-state index is -3.52. The van der Waals surface area contributed by atoms with Gasteiger partial charge in [0.25, 0.3) is 0 Å². The van der Waals surface area contributed by atoms with Gasteiger partial charge in [-0.1, -0.05) is 129 Å². The molecule has 0 heterocycles. The van der Waals surface area contributed by atoms with Crippen LogP contribution in [-0.2, 0) is 14.8 Å². The SMILES string of the molecule is CCCCCCCCCCCCCCCCCCCCC/C=C/S(=O)(=O)NCCC(=O)[O-].[K+]. The number of hydrogen-bond donors (Lipinski definition) is 1. The Morgan fingerprint density at radius 2 is 1.06 bits per heavy atom. The molecule has 190 valence electrons. The van der Waals surface area contributed by atoms with Crippen LogP contribution in [0.15, 0.2) is 11.5 Å². The van der Waals surface area contributed by atoms with Gasteiger partial charge in [0, 0.05) is 24.3 Å². The Morgan fingerprint density at radius 3 is 1.42 bits per heavy atom. The summed E-state index contributed by atoms with van der Waals surface area (Å²) in [6, 6.07) is 0. The summed E-state index contributed by atoms with van der Waals surface area (Å²) >= 11 is 0. The third-order valence-electron chi connectivity index (χ3n) is 5.88. The van der Waals surface area contributed by atoms with Crippen molar-refractivity contribution in [3.8, 4) is 0 Å². The van der Waals surface area contributed by atoms with Crippen LogP contribution in [-0.4, -0.2) is 20.9 Å². The number of allylic oxidation sites excluding steroid dienone is 1. The van der Waals surface area contributed by atoms with Gasteiger partial charge in [-0.15, -0.1) is 0 Å². The molecule has 0 atom stereocenters. The zero-order valence-electron chi connectivity index (χ0n) is 21.8. The Bertz CT molecular complexity index is 552. The molecule has 33 heavy (non-hydrogen) atoms. The first-order valence-electron chi connectivity index (χ1n) is 13.3. The zero-order chi connectivity index (χ0) is 23.8. The standard InChI is InChI=1S/C26H51NO4S.K/c1-2-3-4-5-6-7-8-9-10-11-12-13-14-15-16-17-18-19-20-21-22-25-32(30,31)27-24-23-26(28)29;/h22,25,27H,2-21,23-24H2,1H3,(H,28,29);/q;+1/p-1/b25-22+;. The van der Waals surface area contributed by atoms with Gasteiger partial charge in [-0.2, -0.15) is 0 Å². The average Bonchev–Trinajstić information content (AvgIpc) is 2.74. The molecule has 5 nitrogen and oxygen atoms in total. The van der Waals surface area contributed by atoms with E-state index in [-0.39, 0.29) is 64.4 Å². The van der Waals surface area contributed by atoms with E-state index in [1.807, 2.05) is 0 Å². The summed E-state index contributed by atoms with van der Waals surface area (Å²) in [4.78, 5) is 10.3. The summed E-state index contributed by atoms with van der Waals surface area (Å²) in [5.74, 6) is -1.26. The van der Waals surface area contributed by atoms with Crippen molar-refractivity contribution in [3.05, 3.63) is 11.5 Å². The first-order valence-corrected chi connectivity index (χ1v) is 14.9. The topological polar surface area (TPSA) is 86.3 Å². The number of unbranched alkanes of at least 4 members (excludes halogenated alkanes) is 19. The zero-order valence-corrected chi connectivity index (χ0v) is 25.7. The van der Waals surface area contributed by atoms with Crippen molar-refractivity contribution in [1.29, 1.82) is 0 Å². The van der Waals surface area contributed by atoms with Gasteiger partial charge in [-0.05, 0) is 12.8 Å². The summed E-state index contributed by atoms with van der Waals surface area (Å²) in [7, 11) is -3.52. The molecule has 0 radical (unpaired) electrons. The van der Waals surface area contributed by atoms with Crippen LogP contribution >= 0.6 is 0 Å². The van der Waals surface area contributed by atoms with Crippen LogP contribution in [0.2, 0.25) is 0 Å². The molecule has 0 aromatic rings. The van der Waals surface area contributed by atoms with Gasteiger partial charge in [0.1, 0.15) is 0 Å². The maximum absolute atomic E-state index is 11.6. The molecule has 0 amide bonds. The number of hydrogen-bond acceptors (Lipinski definition) is 4. The molecule has 0 aromatic carbocycles. The molecule has 0 rings (SSSR count). The molecule has 0 aliphatic rings. The molecule has 0 saturated heterocycles. The van der Waals surface area contributed by atoms with Gasteiger partial charge in [0.05, 0.1) is 0 Å². The Morgan fingerprint density at radius 1 is 0.697 bits per heavy atom. The Labute approximate surface area is 247 Å². The van der Waals surface area contributed by atoms with E-state index < -0.39 is 16.0 Å². The van der Waals surface area contributed by atoms with E-state index in [1.54, 1.807) is 6.08 Å². The third kappa shape index (κ3) is 30.7. The van der Waals surface area contributed by atoms with Crippen LogP contribution in [0.4, 0.5) is 0 Å². The second-order valence-electron chi connectivity index (χ2n) is 9.09. The van der Waals surface area contributed by atoms with Crippen LogP contribution in [0.1, 0.15) is 142 Å². The number of carboxylic acids is 1. The molecule has 1 N–H and O–H groups in total. The smallest absolute Gasteiger partial charge is 0.550 e. The van der Waals surface area contributed by atoms with Crippen molar-refractivity contribution in [2.45, 2.75) is 142 Å². The molecule has 0 bridgehead atoms. The number of carboxylic acid groups (broad SMARTS) is 1. The molecule has 7 heteroatoms. The maximum Gasteiger partial charge on any atom is 1.00 e.